The van der Waals surface area contributed by atoms with Crippen molar-refractivity contribution >= 4 is 11.8 Å². The van der Waals surface area contributed by atoms with Crippen LogP contribution in [-0.4, -0.2) is 14.8 Å². The van der Waals surface area contributed by atoms with Gasteiger partial charge in [0.25, 0.3) is 0 Å². The average Bonchev–Trinajstić information content (AvgIpc) is 2.98. The van der Waals surface area contributed by atoms with Crippen molar-refractivity contribution in [1.82, 2.24) is 14.8 Å². The second kappa shape index (κ2) is 7.29. The average molecular weight is 321 g/mol. The Balaban J connectivity index is 1.86. The predicted octanol–water partition coefficient (Wildman–Crippen LogP) is 4.73. The molecular formula is C19H19N3S. The number of aryl methyl sites for hydroxylation is 1. The smallest absolute Gasteiger partial charge is 0.192 e. The highest BCUT2D eigenvalue weighted by Crippen LogP contribution is 2.27. The van der Waals surface area contributed by atoms with Crippen LogP contribution in [0.1, 0.15) is 11.1 Å². The Kier molecular flexibility index (Phi) is 4.93. The van der Waals surface area contributed by atoms with E-state index in [0.29, 0.717) is 6.54 Å². The zero-order valence-electron chi connectivity index (χ0n) is 13.1. The third-order valence-corrected chi connectivity index (χ3v) is 4.69. The van der Waals surface area contributed by atoms with Gasteiger partial charge in [-0.15, -0.1) is 16.8 Å². The fraction of sp³-hybridized carbons (Fsp3) is 0.158. The minimum atomic E-state index is 0.702. The standard InChI is InChI=1S/C19H19N3S/c1-3-13-22-18(16-10-5-4-6-11-16)20-21-19(22)23-14-17-12-8-7-9-15(17)2/h3-12H,1,13-14H2,2H3. The van der Waals surface area contributed by atoms with Gasteiger partial charge in [-0.1, -0.05) is 72.4 Å². The number of aromatic nitrogens is 3. The van der Waals surface area contributed by atoms with Crippen molar-refractivity contribution in [2.45, 2.75) is 24.4 Å². The van der Waals surface area contributed by atoms with Gasteiger partial charge in [-0.05, 0) is 18.1 Å². The van der Waals surface area contributed by atoms with Crippen LogP contribution in [0.3, 0.4) is 0 Å². The molecule has 3 aromatic rings. The minimum absolute atomic E-state index is 0.702. The van der Waals surface area contributed by atoms with Gasteiger partial charge >= 0.3 is 0 Å². The lowest BCUT2D eigenvalue weighted by Gasteiger charge is -2.08. The van der Waals surface area contributed by atoms with Gasteiger partial charge in [0, 0.05) is 17.9 Å². The monoisotopic (exact) mass is 321 g/mol. The fourth-order valence-corrected chi connectivity index (χ4v) is 3.43. The molecular weight excluding hydrogens is 302 g/mol. The molecule has 0 amide bonds. The maximum Gasteiger partial charge on any atom is 0.192 e. The van der Waals surface area contributed by atoms with E-state index in [9.17, 15) is 0 Å². The van der Waals surface area contributed by atoms with E-state index in [4.69, 9.17) is 0 Å². The number of benzene rings is 2. The normalized spacial score (nSPS) is 10.7. The highest BCUT2D eigenvalue weighted by molar-refractivity contribution is 7.98. The lowest BCUT2D eigenvalue weighted by Crippen LogP contribution is -2.00. The molecule has 0 aliphatic heterocycles. The molecule has 0 aliphatic carbocycles. The zero-order valence-corrected chi connectivity index (χ0v) is 14.0. The van der Waals surface area contributed by atoms with E-state index in [1.807, 2.05) is 24.3 Å². The number of allylic oxidation sites excluding steroid dienone is 1. The van der Waals surface area contributed by atoms with E-state index < -0.39 is 0 Å². The maximum absolute atomic E-state index is 4.38. The predicted molar refractivity (Wildman–Crippen MR) is 96.4 cm³/mol. The van der Waals surface area contributed by atoms with E-state index in [0.717, 1.165) is 22.3 Å². The van der Waals surface area contributed by atoms with Gasteiger partial charge in [-0.3, -0.25) is 4.57 Å². The number of thioether (sulfide) groups is 1. The van der Waals surface area contributed by atoms with Crippen LogP contribution in [0.25, 0.3) is 11.4 Å². The number of nitrogens with zero attached hydrogens (tertiary/aromatic N) is 3. The quantitative estimate of drug-likeness (QED) is 0.485. The molecule has 1 aromatic heterocycles. The van der Waals surface area contributed by atoms with Crippen LogP contribution in [-0.2, 0) is 12.3 Å². The summed E-state index contributed by atoms with van der Waals surface area (Å²) in [7, 11) is 0. The van der Waals surface area contributed by atoms with Gasteiger partial charge in [0.2, 0.25) is 0 Å². The van der Waals surface area contributed by atoms with Crippen LogP contribution in [0.5, 0.6) is 0 Å². The molecule has 0 aliphatic rings. The molecule has 3 rings (SSSR count). The van der Waals surface area contributed by atoms with Crippen molar-refractivity contribution in [2.24, 2.45) is 0 Å². The van der Waals surface area contributed by atoms with Crippen molar-refractivity contribution in [3.63, 3.8) is 0 Å². The maximum atomic E-state index is 4.38. The van der Waals surface area contributed by atoms with E-state index in [1.54, 1.807) is 11.8 Å². The zero-order chi connectivity index (χ0) is 16.1. The number of hydrogen-bond donors (Lipinski definition) is 0. The van der Waals surface area contributed by atoms with Crippen molar-refractivity contribution in [3.05, 3.63) is 78.4 Å². The lowest BCUT2D eigenvalue weighted by atomic mass is 10.1. The molecule has 0 saturated carbocycles. The summed E-state index contributed by atoms with van der Waals surface area (Å²) in [5.74, 6) is 1.77. The highest BCUT2D eigenvalue weighted by atomic mass is 32.2. The van der Waals surface area contributed by atoms with Gasteiger partial charge < -0.3 is 0 Å². The first-order valence-corrected chi connectivity index (χ1v) is 8.55. The molecule has 0 unspecified atom stereocenters. The summed E-state index contributed by atoms with van der Waals surface area (Å²) >= 11 is 1.71. The largest absolute Gasteiger partial charge is 0.298 e. The highest BCUT2D eigenvalue weighted by Gasteiger charge is 2.13. The van der Waals surface area contributed by atoms with E-state index >= 15 is 0 Å². The molecule has 1 heterocycles. The second-order valence-electron chi connectivity index (χ2n) is 5.29. The molecule has 0 N–H and O–H groups in total. The number of hydrogen-bond acceptors (Lipinski definition) is 3. The first-order valence-electron chi connectivity index (χ1n) is 7.56. The summed E-state index contributed by atoms with van der Waals surface area (Å²) in [6.45, 7) is 6.70. The molecule has 0 fully saturated rings. The van der Waals surface area contributed by atoms with Crippen LogP contribution >= 0.6 is 11.8 Å². The topological polar surface area (TPSA) is 30.7 Å². The third kappa shape index (κ3) is 3.54. The molecule has 0 saturated heterocycles. The van der Waals surface area contributed by atoms with Crippen LogP contribution in [0.15, 0.2) is 72.4 Å². The van der Waals surface area contributed by atoms with Crippen molar-refractivity contribution in [2.75, 3.05) is 0 Å². The third-order valence-electron chi connectivity index (χ3n) is 3.68. The van der Waals surface area contributed by atoms with Gasteiger partial charge in [0.05, 0.1) is 0 Å². The Morgan fingerprint density at radius 1 is 1.04 bits per heavy atom. The first kappa shape index (κ1) is 15.6. The molecule has 0 atom stereocenters. The molecule has 3 nitrogen and oxygen atoms in total. The summed E-state index contributed by atoms with van der Waals surface area (Å²) in [6, 6.07) is 18.6. The Bertz CT molecular complexity index is 793. The number of rotatable bonds is 6. The fourth-order valence-electron chi connectivity index (χ4n) is 2.40. The van der Waals surface area contributed by atoms with E-state index in [2.05, 4.69) is 64.7 Å². The summed E-state index contributed by atoms with van der Waals surface area (Å²) in [6.07, 6.45) is 1.88. The van der Waals surface area contributed by atoms with E-state index in [-0.39, 0.29) is 0 Å². The van der Waals surface area contributed by atoms with Crippen LogP contribution in [0.2, 0.25) is 0 Å². The SMILES string of the molecule is C=CCn1c(SCc2ccccc2C)nnc1-c1ccccc1. The second-order valence-corrected chi connectivity index (χ2v) is 6.23. The molecule has 116 valence electrons. The van der Waals surface area contributed by atoms with Crippen LogP contribution < -0.4 is 0 Å². The Morgan fingerprint density at radius 3 is 2.52 bits per heavy atom. The summed E-state index contributed by atoms with van der Waals surface area (Å²) in [4.78, 5) is 0. The summed E-state index contributed by atoms with van der Waals surface area (Å²) in [5, 5.41) is 9.69. The Morgan fingerprint density at radius 2 is 1.78 bits per heavy atom. The first-order chi connectivity index (χ1) is 11.3. The van der Waals surface area contributed by atoms with Crippen molar-refractivity contribution < 1.29 is 0 Å². The van der Waals surface area contributed by atoms with Gasteiger partial charge in [0.15, 0.2) is 11.0 Å². The molecule has 0 bridgehead atoms. The van der Waals surface area contributed by atoms with Gasteiger partial charge in [-0.25, -0.2) is 0 Å². The van der Waals surface area contributed by atoms with E-state index in [1.165, 1.54) is 11.1 Å². The van der Waals surface area contributed by atoms with Crippen LogP contribution in [0.4, 0.5) is 0 Å². The lowest BCUT2D eigenvalue weighted by molar-refractivity contribution is 0.731. The minimum Gasteiger partial charge on any atom is -0.298 e. The molecule has 4 heteroatoms. The van der Waals surface area contributed by atoms with Gasteiger partial charge in [0.1, 0.15) is 0 Å². The molecule has 23 heavy (non-hydrogen) atoms. The van der Waals surface area contributed by atoms with Crippen molar-refractivity contribution in [1.29, 1.82) is 0 Å². The Hall–Kier alpha value is -2.33. The molecule has 0 radical (unpaired) electrons. The van der Waals surface area contributed by atoms with Gasteiger partial charge in [-0.2, -0.15) is 0 Å². The van der Waals surface area contributed by atoms with Crippen LogP contribution in [0, 0.1) is 6.92 Å². The molecule has 2 aromatic carbocycles. The Labute approximate surface area is 141 Å². The summed E-state index contributed by atoms with van der Waals surface area (Å²) in [5.41, 5.74) is 3.70. The summed E-state index contributed by atoms with van der Waals surface area (Å²) < 4.78 is 2.12. The van der Waals surface area contributed by atoms with Crippen molar-refractivity contribution in [3.8, 4) is 11.4 Å². The molecule has 0 spiro atoms.